The molecule has 33 heavy (non-hydrogen) atoms. The van der Waals surface area contributed by atoms with E-state index in [1.807, 2.05) is 24.8 Å². The number of hydrogen-bond donors (Lipinski definition) is 1. The van der Waals surface area contributed by atoms with Crippen molar-refractivity contribution in [1.82, 2.24) is 24.1 Å². The lowest BCUT2D eigenvalue weighted by Gasteiger charge is -2.56. The fraction of sp³-hybridized carbons (Fsp3) is 0.261. The number of benzene rings is 1. The molecule has 10 heteroatoms. The van der Waals surface area contributed by atoms with E-state index >= 15 is 0 Å². The Labute approximate surface area is 188 Å². The van der Waals surface area contributed by atoms with E-state index in [9.17, 15) is 14.4 Å². The Morgan fingerprint density at radius 3 is 2.64 bits per heavy atom. The van der Waals surface area contributed by atoms with Gasteiger partial charge in [0.05, 0.1) is 11.4 Å². The number of aryl methyl sites for hydroxylation is 1. The second-order valence-electron chi connectivity index (χ2n) is 8.39. The van der Waals surface area contributed by atoms with Gasteiger partial charge in [0, 0.05) is 18.7 Å². The van der Waals surface area contributed by atoms with Crippen molar-refractivity contribution in [3.05, 3.63) is 75.8 Å². The van der Waals surface area contributed by atoms with Gasteiger partial charge in [-0.2, -0.15) is 15.3 Å². The summed E-state index contributed by atoms with van der Waals surface area (Å²) >= 11 is 0. The maximum Gasteiger partial charge on any atom is 0.285 e. The predicted molar refractivity (Wildman–Crippen MR) is 121 cm³/mol. The molecule has 0 spiro atoms. The van der Waals surface area contributed by atoms with E-state index in [1.165, 1.54) is 21.3 Å². The van der Waals surface area contributed by atoms with Crippen molar-refractivity contribution in [3.63, 3.8) is 0 Å². The molecule has 0 aliphatic carbocycles. The van der Waals surface area contributed by atoms with Gasteiger partial charge in [0.15, 0.2) is 23.0 Å². The first-order chi connectivity index (χ1) is 15.8. The number of nitrogens with two attached hydrogens (primary N) is 1. The minimum absolute atomic E-state index is 0.0280. The number of nitrogens with zero attached hydrogens (tertiary/aromatic N) is 7. The molecule has 0 radical (unpaired) electrons. The lowest BCUT2D eigenvalue weighted by Crippen LogP contribution is -2.65. The van der Waals surface area contributed by atoms with Crippen LogP contribution in [0.15, 0.2) is 47.4 Å². The molecule has 2 unspecified atom stereocenters. The Balaban J connectivity index is 1.82. The molecule has 4 aromatic rings. The fourth-order valence-corrected chi connectivity index (χ4v) is 4.52. The van der Waals surface area contributed by atoms with Crippen LogP contribution < -0.4 is 16.2 Å². The fourth-order valence-electron chi connectivity index (χ4n) is 4.52. The van der Waals surface area contributed by atoms with Crippen molar-refractivity contribution < 1.29 is 4.39 Å². The average molecular weight is 444 g/mol. The van der Waals surface area contributed by atoms with Gasteiger partial charge in [0.25, 0.3) is 5.56 Å². The Hall–Kier alpha value is -4.26. The third-order valence-corrected chi connectivity index (χ3v) is 6.54. The maximum absolute atomic E-state index is 14.5. The topological polar surface area (TPSA) is 118 Å². The number of hydrogen-bond acceptors (Lipinski definition) is 7. The minimum atomic E-state index is -0.844. The molecule has 0 saturated carbocycles. The molecule has 5 rings (SSSR count). The second-order valence-corrected chi connectivity index (χ2v) is 8.39. The SMILES string of the molecule is Cc1nc(N)nc(N2CC(C)C2(C)c2nn3ccc(F)c3c(=O)n2-c2ccccc2)c1C#N. The Bertz CT molecular complexity index is 1500. The molecule has 1 fully saturated rings. The molecule has 2 atom stereocenters. The van der Waals surface area contributed by atoms with Crippen LogP contribution >= 0.6 is 0 Å². The van der Waals surface area contributed by atoms with Gasteiger partial charge in [-0.3, -0.25) is 9.36 Å². The molecule has 9 nitrogen and oxygen atoms in total. The maximum atomic E-state index is 14.5. The summed E-state index contributed by atoms with van der Waals surface area (Å²) in [6, 6.07) is 12.4. The monoisotopic (exact) mass is 444 g/mol. The molecule has 2 N–H and O–H groups in total. The highest BCUT2D eigenvalue weighted by Gasteiger charge is 2.53. The molecule has 4 heterocycles. The van der Waals surface area contributed by atoms with Gasteiger partial charge in [-0.15, -0.1) is 0 Å². The first-order valence-electron chi connectivity index (χ1n) is 10.4. The van der Waals surface area contributed by atoms with E-state index in [-0.39, 0.29) is 17.4 Å². The number of para-hydroxylation sites is 1. The third kappa shape index (κ3) is 2.82. The molecule has 0 bridgehead atoms. The molecule has 1 aromatic carbocycles. The number of aromatic nitrogens is 5. The summed E-state index contributed by atoms with van der Waals surface area (Å²) in [5.41, 5.74) is 5.75. The molecule has 3 aromatic heterocycles. The van der Waals surface area contributed by atoms with Crippen LogP contribution in [0.5, 0.6) is 0 Å². The normalized spacial score (nSPS) is 20.0. The molecular formula is C23H21FN8O. The molecule has 166 valence electrons. The highest BCUT2D eigenvalue weighted by atomic mass is 19.1. The van der Waals surface area contributed by atoms with Crippen LogP contribution in [0, 0.1) is 30.0 Å². The van der Waals surface area contributed by atoms with Crippen molar-refractivity contribution in [1.29, 1.82) is 5.26 Å². The van der Waals surface area contributed by atoms with Crippen LogP contribution in [0.1, 0.15) is 30.9 Å². The first kappa shape index (κ1) is 20.6. The van der Waals surface area contributed by atoms with E-state index in [2.05, 4.69) is 16.0 Å². The number of fused-ring (bicyclic) bond motifs is 1. The molecule has 0 amide bonds. The molecule has 1 aliphatic rings. The van der Waals surface area contributed by atoms with Crippen molar-refractivity contribution in [2.45, 2.75) is 26.3 Å². The van der Waals surface area contributed by atoms with Crippen LogP contribution in [-0.2, 0) is 5.54 Å². The zero-order chi connectivity index (χ0) is 23.5. The number of nitrogen functional groups attached to an aromatic ring is 1. The van der Waals surface area contributed by atoms with E-state index in [0.717, 1.165) is 0 Å². The summed E-state index contributed by atoms with van der Waals surface area (Å²) in [6.07, 6.45) is 1.43. The number of rotatable bonds is 3. The lowest BCUT2D eigenvalue weighted by molar-refractivity contribution is 0.176. The van der Waals surface area contributed by atoms with Crippen LogP contribution in [0.25, 0.3) is 11.2 Å². The number of anilines is 2. The van der Waals surface area contributed by atoms with Crippen LogP contribution in [-0.4, -0.2) is 30.7 Å². The summed E-state index contributed by atoms with van der Waals surface area (Å²) in [7, 11) is 0. The van der Waals surface area contributed by atoms with Gasteiger partial charge >= 0.3 is 0 Å². The average Bonchev–Trinajstić information content (AvgIpc) is 3.17. The highest BCUT2D eigenvalue weighted by molar-refractivity contribution is 5.62. The summed E-state index contributed by atoms with van der Waals surface area (Å²) in [4.78, 5) is 23.9. The van der Waals surface area contributed by atoms with E-state index in [0.29, 0.717) is 35.1 Å². The third-order valence-electron chi connectivity index (χ3n) is 6.54. The summed E-state index contributed by atoms with van der Waals surface area (Å²) in [5.74, 6) is 0.230. The van der Waals surface area contributed by atoms with Crippen molar-refractivity contribution in [3.8, 4) is 11.8 Å². The Morgan fingerprint density at radius 2 is 1.97 bits per heavy atom. The Kier molecular flexibility index (Phi) is 4.46. The highest BCUT2D eigenvalue weighted by Crippen LogP contribution is 2.47. The zero-order valence-electron chi connectivity index (χ0n) is 18.3. The van der Waals surface area contributed by atoms with Gasteiger partial charge in [-0.1, -0.05) is 25.1 Å². The van der Waals surface area contributed by atoms with Crippen molar-refractivity contribution >= 4 is 17.3 Å². The first-order valence-corrected chi connectivity index (χ1v) is 10.4. The van der Waals surface area contributed by atoms with Gasteiger partial charge in [-0.25, -0.2) is 13.9 Å². The van der Waals surface area contributed by atoms with Crippen LogP contribution in [0.3, 0.4) is 0 Å². The van der Waals surface area contributed by atoms with Crippen LogP contribution in [0.2, 0.25) is 0 Å². The molecule has 1 saturated heterocycles. The van der Waals surface area contributed by atoms with E-state index in [4.69, 9.17) is 10.8 Å². The lowest BCUT2D eigenvalue weighted by atomic mass is 9.75. The molecule has 1 aliphatic heterocycles. The second kappa shape index (κ2) is 7.13. The standard InChI is InChI=1S/C23H21FN8O/c1-13-12-30(19-16(11-25)14(2)27-22(26)28-19)23(13,3)21-29-31-10-9-17(24)18(31)20(33)32(21)15-7-5-4-6-8-15/h4-10,13H,12H2,1-3H3,(H2,26,27,28). The summed E-state index contributed by atoms with van der Waals surface area (Å²) in [5, 5.41) is 14.5. The number of nitriles is 1. The predicted octanol–water partition coefficient (Wildman–Crippen LogP) is 2.55. The van der Waals surface area contributed by atoms with Gasteiger partial charge in [0.1, 0.15) is 17.2 Å². The van der Waals surface area contributed by atoms with Crippen molar-refractivity contribution in [2.75, 3.05) is 17.2 Å². The number of halogens is 1. The minimum Gasteiger partial charge on any atom is -0.368 e. The van der Waals surface area contributed by atoms with E-state index < -0.39 is 16.9 Å². The van der Waals surface area contributed by atoms with Gasteiger partial charge < -0.3 is 10.6 Å². The smallest absolute Gasteiger partial charge is 0.285 e. The summed E-state index contributed by atoms with van der Waals surface area (Å²) in [6.45, 7) is 6.22. The summed E-state index contributed by atoms with van der Waals surface area (Å²) < 4.78 is 17.2. The van der Waals surface area contributed by atoms with E-state index in [1.54, 1.807) is 31.2 Å². The van der Waals surface area contributed by atoms with Gasteiger partial charge in [-0.05, 0) is 32.0 Å². The quantitative estimate of drug-likeness (QED) is 0.516. The van der Waals surface area contributed by atoms with Gasteiger partial charge in [0.2, 0.25) is 5.95 Å². The largest absolute Gasteiger partial charge is 0.368 e. The Morgan fingerprint density at radius 1 is 1.24 bits per heavy atom. The van der Waals surface area contributed by atoms with Crippen LogP contribution in [0.4, 0.5) is 16.2 Å². The molecular weight excluding hydrogens is 423 g/mol. The zero-order valence-corrected chi connectivity index (χ0v) is 18.3. The van der Waals surface area contributed by atoms with Crippen molar-refractivity contribution in [2.24, 2.45) is 5.92 Å².